The van der Waals surface area contributed by atoms with E-state index in [0.717, 1.165) is 0 Å². The monoisotopic (exact) mass is 226 g/mol. The zero-order valence-electron chi connectivity index (χ0n) is 9.43. The van der Waals surface area contributed by atoms with Crippen LogP contribution in [0, 0.1) is 12.8 Å². The molecule has 1 aromatic heterocycles. The summed E-state index contributed by atoms with van der Waals surface area (Å²) < 4.78 is 4.80. The number of rotatable bonds is 4. The predicted octanol–water partition coefficient (Wildman–Crippen LogP) is 0.776. The topological polar surface area (TPSA) is 83.6 Å². The number of aliphatic carboxylic acids is 1. The summed E-state index contributed by atoms with van der Waals surface area (Å²) in [5.74, 6) is -1.79. The molecule has 0 aliphatic carbocycles. The molecule has 0 bridgehead atoms. The third kappa shape index (κ3) is 2.82. The van der Waals surface area contributed by atoms with Crippen LogP contribution in [0.2, 0.25) is 0 Å². The zero-order valence-corrected chi connectivity index (χ0v) is 9.43. The summed E-state index contributed by atoms with van der Waals surface area (Å²) in [4.78, 5) is 23.6. The standard InChI is InChI=1S/C10H14N2O4/c1-6(10(14)15)5-12(3)9(13)8-4-7(2)11-16-8/h4,6H,5H2,1-3H3,(H,14,15). The van der Waals surface area contributed by atoms with E-state index in [1.165, 1.54) is 24.9 Å². The summed E-state index contributed by atoms with van der Waals surface area (Å²) in [6.07, 6.45) is 0. The second-order valence-electron chi connectivity index (χ2n) is 3.76. The van der Waals surface area contributed by atoms with Gasteiger partial charge >= 0.3 is 5.97 Å². The lowest BCUT2D eigenvalue weighted by atomic mass is 10.2. The van der Waals surface area contributed by atoms with Gasteiger partial charge in [-0.2, -0.15) is 0 Å². The maximum atomic E-state index is 11.7. The molecule has 16 heavy (non-hydrogen) atoms. The van der Waals surface area contributed by atoms with Crippen LogP contribution in [0.15, 0.2) is 10.6 Å². The van der Waals surface area contributed by atoms with Crippen LogP contribution in [0.4, 0.5) is 0 Å². The first kappa shape index (κ1) is 12.2. The maximum absolute atomic E-state index is 11.7. The summed E-state index contributed by atoms with van der Waals surface area (Å²) >= 11 is 0. The fraction of sp³-hybridized carbons (Fsp3) is 0.500. The number of aromatic nitrogens is 1. The highest BCUT2D eigenvalue weighted by molar-refractivity contribution is 5.91. The van der Waals surface area contributed by atoms with Crippen molar-refractivity contribution in [2.24, 2.45) is 5.92 Å². The molecule has 1 heterocycles. The number of carbonyl (C=O) groups is 2. The molecule has 1 atom stereocenters. The van der Waals surface area contributed by atoms with Crippen molar-refractivity contribution in [3.05, 3.63) is 17.5 Å². The summed E-state index contributed by atoms with van der Waals surface area (Å²) in [5.41, 5.74) is 0.614. The predicted molar refractivity (Wildman–Crippen MR) is 55.0 cm³/mol. The van der Waals surface area contributed by atoms with Crippen LogP contribution in [0.5, 0.6) is 0 Å². The average Bonchev–Trinajstić information content (AvgIpc) is 2.63. The van der Waals surface area contributed by atoms with Gasteiger partial charge in [-0.25, -0.2) is 0 Å². The molecule has 0 aliphatic rings. The third-order valence-electron chi connectivity index (χ3n) is 2.15. The second-order valence-corrected chi connectivity index (χ2v) is 3.76. The van der Waals surface area contributed by atoms with Gasteiger partial charge < -0.3 is 14.5 Å². The van der Waals surface area contributed by atoms with Gasteiger partial charge in [-0.3, -0.25) is 9.59 Å². The van der Waals surface area contributed by atoms with Crippen molar-refractivity contribution < 1.29 is 19.2 Å². The van der Waals surface area contributed by atoms with Gasteiger partial charge in [-0.05, 0) is 6.92 Å². The minimum absolute atomic E-state index is 0.123. The first-order valence-corrected chi connectivity index (χ1v) is 4.83. The van der Waals surface area contributed by atoms with E-state index in [0.29, 0.717) is 5.69 Å². The van der Waals surface area contributed by atoms with Crippen LogP contribution >= 0.6 is 0 Å². The molecule has 0 fully saturated rings. The van der Waals surface area contributed by atoms with Gasteiger partial charge in [-0.15, -0.1) is 0 Å². The number of aryl methyl sites for hydroxylation is 1. The van der Waals surface area contributed by atoms with Crippen molar-refractivity contribution in [3.8, 4) is 0 Å². The molecular formula is C10H14N2O4. The maximum Gasteiger partial charge on any atom is 0.308 e. The minimum Gasteiger partial charge on any atom is -0.481 e. The van der Waals surface area contributed by atoms with E-state index in [-0.39, 0.29) is 18.2 Å². The normalized spacial score (nSPS) is 12.2. The van der Waals surface area contributed by atoms with Crippen molar-refractivity contribution in [2.75, 3.05) is 13.6 Å². The van der Waals surface area contributed by atoms with Gasteiger partial charge in [0.1, 0.15) is 0 Å². The lowest BCUT2D eigenvalue weighted by Crippen LogP contribution is -2.33. The Morgan fingerprint density at radius 1 is 1.62 bits per heavy atom. The average molecular weight is 226 g/mol. The zero-order chi connectivity index (χ0) is 12.3. The van der Waals surface area contributed by atoms with Crippen LogP contribution in [-0.2, 0) is 4.79 Å². The highest BCUT2D eigenvalue weighted by atomic mass is 16.5. The largest absolute Gasteiger partial charge is 0.481 e. The molecule has 1 aromatic rings. The molecule has 0 radical (unpaired) electrons. The Kier molecular flexibility index (Phi) is 3.65. The summed E-state index contributed by atoms with van der Waals surface area (Å²) in [6.45, 7) is 3.38. The fourth-order valence-electron chi connectivity index (χ4n) is 1.22. The number of carboxylic acids is 1. The number of hydrogen-bond acceptors (Lipinski definition) is 4. The molecule has 6 heteroatoms. The van der Waals surface area contributed by atoms with E-state index in [1.807, 2.05) is 0 Å². The first-order valence-electron chi connectivity index (χ1n) is 4.83. The number of carboxylic acid groups (broad SMARTS) is 1. The fourth-order valence-corrected chi connectivity index (χ4v) is 1.22. The highest BCUT2D eigenvalue weighted by Crippen LogP contribution is 2.07. The molecular weight excluding hydrogens is 212 g/mol. The van der Waals surface area contributed by atoms with Crippen LogP contribution < -0.4 is 0 Å². The van der Waals surface area contributed by atoms with Gasteiger partial charge in [0.05, 0.1) is 11.6 Å². The van der Waals surface area contributed by atoms with E-state index in [1.54, 1.807) is 6.92 Å². The molecule has 0 saturated carbocycles. The van der Waals surface area contributed by atoms with Gasteiger partial charge in [-0.1, -0.05) is 12.1 Å². The van der Waals surface area contributed by atoms with E-state index < -0.39 is 11.9 Å². The van der Waals surface area contributed by atoms with Gasteiger partial charge in [0.25, 0.3) is 5.91 Å². The molecule has 1 amide bonds. The molecule has 1 N–H and O–H groups in total. The van der Waals surface area contributed by atoms with E-state index in [2.05, 4.69) is 5.16 Å². The Hall–Kier alpha value is -1.85. The molecule has 0 saturated heterocycles. The number of carbonyl (C=O) groups excluding carboxylic acids is 1. The first-order chi connectivity index (χ1) is 7.41. The second kappa shape index (κ2) is 4.78. The number of nitrogens with zero attached hydrogens (tertiary/aromatic N) is 2. The summed E-state index contributed by atoms with van der Waals surface area (Å²) in [7, 11) is 1.53. The van der Waals surface area contributed by atoms with Crippen molar-refractivity contribution >= 4 is 11.9 Å². The van der Waals surface area contributed by atoms with Crippen molar-refractivity contribution in [2.45, 2.75) is 13.8 Å². The van der Waals surface area contributed by atoms with Crippen molar-refractivity contribution in [1.29, 1.82) is 0 Å². The van der Waals surface area contributed by atoms with Crippen LogP contribution in [-0.4, -0.2) is 40.6 Å². The Balaban J connectivity index is 2.64. The molecule has 88 valence electrons. The number of amides is 1. The van der Waals surface area contributed by atoms with Crippen LogP contribution in [0.3, 0.4) is 0 Å². The van der Waals surface area contributed by atoms with Gasteiger partial charge in [0.2, 0.25) is 5.76 Å². The Morgan fingerprint density at radius 3 is 2.69 bits per heavy atom. The quantitative estimate of drug-likeness (QED) is 0.820. The summed E-state index contributed by atoms with van der Waals surface area (Å²) in [5, 5.41) is 12.3. The highest BCUT2D eigenvalue weighted by Gasteiger charge is 2.21. The molecule has 1 rings (SSSR count). The molecule has 1 unspecified atom stereocenters. The summed E-state index contributed by atoms with van der Waals surface area (Å²) in [6, 6.07) is 1.52. The van der Waals surface area contributed by atoms with Crippen LogP contribution in [0.1, 0.15) is 23.2 Å². The molecule has 0 spiro atoms. The Morgan fingerprint density at radius 2 is 2.25 bits per heavy atom. The van der Waals surface area contributed by atoms with E-state index in [4.69, 9.17) is 9.63 Å². The van der Waals surface area contributed by atoms with Crippen molar-refractivity contribution in [1.82, 2.24) is 10.1 Å². The minimum atomic E-state index is -0.937. The SMILES string of the molecule is Cc1cc(C(=O)N(C)CC(C)C(=O)O)on1. The third-order valence-corrected chi connectivity index (χ3v) is 2.15. The van der Waals surface area contributed by atoms with E-state index >= 15 is 0 Å². The number of hydrogen-bond donors (Lipinski definition) is 1. The van der Waals surface area contributed by atoms with Crippen molar-refractivity contribution in [3.63, 3.8) is 0 Å². The Labute approximate surface area is 92.8 Å². The lowest BCUT2D eigenvalue weighted by Gasteiger charge is -2.17. The Bertz CT molecular complexity index is 399. The molecule has 0 aromatic carbocycles. The van der Waals surface area contributed by atoms with E-state index in [9.17, 15) is 9.59 Å². The smallest absolute Gasteiger partial charge is 0.308 e. The van der Waals surface area contributed by atoms with Crippen LogP contribution in [0.25, 0.3) is 0 Å². The van der Waals surface area contributed by atoms with Gasteiger partial charge in [0, 0.05) is 19.7 Å². The van der Waals surface area contributed by atoms with Gasteiger partial charge in [0.15, 0.2) is 0 Å². The lowest BCUT2D eigenvalue weighted by molar-refractivity contribution is -0.141. The molecule has 6 nitrogen and oxygen atoms in total. The molecule has 0 aliphatic heterocycles.